The molecular weight excluding hydrogens is 246 g/mol. The van der Waals surface area contributed by atoms with Gasteiger partial charge in [-0.05, 0) is 35.9 Å². The van der Waals surface area contributed by atoms with Crippen LogP contribution in [0.1, 0.15) is 45.7 Å². The van der Waals surface area contributed by atoms with Crippen molar-refractivity contribution in [1.82, 2.24) is 5.32 Å². The average molecular weight is 277 g/mol. The molecule has 0 aliphatic heterocycles. The Morgan fingerprint density at radius 1 is 1.05 bits per heavy atom. The minimum Gasteiger partial charge on any atom is -0.379 e. The van der Waals surface area contributed by atoms with E-state index in [0.717, 1.165) is 19.4 Å². The van der Waals surface area contributed by atoms with Crippen LogP contribution in [0.25, 0.3) is 0 Å². The van der Waals surface area contributed by atoms with Crippen LogP contribution >= 0.6 is 0 Å². The third-order valence-electron chi connectivity index (χ3n) is 3.83. The third kappa shape index (κ3) is 4.92. The lowest BCUT2D eigenvalue weighted by atomic mass is 9.82. The molecule has 1 aromatic rings. The second kappa shape index (κ2) is 7.80. The maximum atomic E-state index is 5.78. The average Bonchev–Trinajstić information content (AvgIpc) is 2.39. The van der Waals surface area contributed by atoms with E-state index in [9.17, 15) is 0 Å². The summed E-state index contributed by atoms with van der Waals surface area (Å²) in [5.41, 5.74) is 2.90. The first-order valence-electron chi connectivity index (χ1n) is 7.76. The summed E-state index contributed by atoms with van der Waals surface area (Å²) in [5, 5.41) is 3.59. The summed E-state index contributed by atoms with van der Waals surface area (Å²) < 4.78 is 5.78. The normalized spacial score (nSPS) is 15.1. The maximum Gasteiger partial charge on any atom is 0.0775 e. The molecule has 20 heavy (non-hydrogen) atoms. The van der Waals surface area contributed by atoms with E-state index < -0.39 is 0 Å². The van der Waals surface area contributed by atoms with E-state index in [4.69, 9.17) is 4.74 Å². The Bertz CT molecular complexity index is 377. The van der Waals surface area contributed by atoms with Gasteiger partial charge in [-0.3, -0.25) is 0 Å². The van der Waals surface area contributed by atoms with Gasteiger partial charge in [0.1, 0.15) is 0 Å². The van der Waals surface area contributed by atoms with E-state index in [1.165, 1.54) is 11.1 Å². The summed E-state index contributed by atoms with van der Waals surface area (Å²) in [5.74, 6) is 0. The van der Waals surface area contributed by atoms with Gasteiger partial charge in [-0.25, -0.2) is 0 Å². The molecule has 0 aliphatic rings. The van der Waals surface area contributed by atoms with Crippen molar-refractivity contribution >= 4 is 0 Å². The highest BCUT2D eigenvalue weighted by Crippen LogP contribution is 2.26. The van der Waals surface area contributed by atoms with Gasteiger partial charge in [0.15, 0.2) is 0 Å². The van der Waals surface area contributed by atoms with E-state index >= 15 is 0 Å². The van der Waals surface area contributed by atoms with Crippen molar-refractivity contribution in [2.24, 2.45) is 5.41 Å². The molecule has 0 saturated carbocycles. The molecule has 114 valence electrons. The molecule has 0 fully saturated rings. The standard InChI is InChI=1S/C18H31NO/c1-7-14-9-11-15(12-10-14)13-16(19-8-2)17(20-6)18(3,4)5/h9-12,16-17,19H,7-8,13H2,1-6H3. The number of nitrogens with one attached hydrogen (secondary N) is 1. The zero-order chi connectivity index (χ0) is 15.2. The van der Waals surface area contributed by atoms with Crippen molar-refractivity contribution in [2.75, 3.05) is 13.7 Å². The fourth-order valence-corrected chi connectivity index (χ4v) is 2.83. The molecule has 0 aromatic heterocycles. The number of likely N-dealkylation sites (N-methyl/N-ethyl adjacent to an activating group) is 1. The van der Waals surface area contributed by atoms with Crippen LogP contribution in [0.4, 0.5) is 0 Å². The number of aryl methyl sites for hydroxylation is 1. The van der Waals surface area contributed by atoms with Crippen molar-refractivity contribution in [1.29, 1.82) is 0 Å². The second-order valence-corrected chi connectivity index (χ2v) is 6.56. The van der Waals surface area contributed by atoms with E-state index in [2.05, 4.69) is 64.2 Å². The van der Waals surface area contributed by atoms with Gasteiger partial charge in [-0.2, -0.15) is 0 Å². The Morgan fingerprint density at radius 2 is 1.60 bits per heavy atom. The number of hydrogen-bond acceptors (Lipinski definition) is 2. The van der Waals surface area contributed by atoms with Gasteiger partial charge in [0.2, 0.25) is 0 Å². The van der Waals surface area contributed by atoms with Crippen molar-refractivity contribution in [3.8, 4) is 0 Å². The molecule has 2 unspecified atom stereocenters. The van der Waals surface area contributed by atoms with E-state index in [1.807, 2.05) is 7.11 Å². The predicted octanol–water partition coefficient (Wildman–Crippen LogP) is 3.83. The molecule has 0 saturated heterocycles. The smallest absolute Gasteiger partial charge is 0.0775 e. The van der Waals surface area contributed by atoms with Crippen molar-refractivity contribution in [3.05, 3.63) is 35.4 Å². The van der Waals surface area contributed by atoms with Crippen LogP contribution in [0.5, 0.6) is 0 Å². The Balaban J connectivity index is 2.84. The van der Waals surface area contributed by atoms with Gasteiger partial charge in [0, 0.05) is 13.2 Å². The fraction of sp³-hybridized carbons (Fsp3) is 0.667. The van der Waals surface area contributed by atoms with E-state index in [-0.39, 0.29) is 11.5 Å². The SMILES string of the molecule is CCNC(Cc1ccc(CC)cc1)C(OC)C(C)(C)C. The third-order valence-corrected chi connectivity index (χ3v) is 3.83. The summed E-state index contributed by atoms with van der Waals surface area (Å²) in [4.78, 5) is 0. The molecule has 0 bridgehead atoms. The van der Waals surface area contributed by atoms with Gasteiger partial charge < -0.3 is 10.1 Å². The largest absolute Gasteiger partial charge is 0.379 e. The first kappa shape index (κ1) is 17.2. The summed E-state index contributed by atoms with van der Waals surface area (Å²) in [7, 11) is 1.82. The van der Waals surface area contributed by atoms with Crippen LogP contribution in [0, 0.1) is 5.41 Å². The highest BCUT2D eigenvalue weighted by Gasteiger charge is 2.31. The Morgan fingerprint density at radius 3 is 2.00 bits per heavy atom. The summed E-state index contributed by atoms with van der Waals surface area (Å²) in [6.07, 6.45) is 2.31. The molecule has 0 heterocycles. The molecule has 0 aliphatic carbocycles. The molecule has 1 rings (SSSR count). The topological polar surface area (TPSA) is 21.3 Å². The van der Waals surface area contributed by atoms with Gasteiger partial charge in [-0.1, -0.05) is 58.9 Å². The van der Waals surface area contributed by atoms with Gasteiger partial charge in [0.25, 0.3) is 0 Å². The van der Waals surface area contributed by atoms with Crippen LogP contribution < -0.4 is 5.32 Å². The highest BCUT2D eigenvalue weighted by molar-refractivity contribution is 5.23. The first-order chi connectivity index (χ1) is 9.42. The second-order valence-electron chi connectivity index (χ2n) is 6.56. The van der Waals surface area contributed by atoms with Crippen LogP contribution in [-0.4, -0.2) is 25.8 Å². The van der Waals surface area contributed by atoms with Crippen LogP contribution in [-0.2, 0) is 17.6 Å². The molecule has 0 amide bonds. The number of methoxy groups -OCH3 is 1. The molecule has 0 radical (unpaired) electrons. The van der Waals surface area contributed by atoms with Crippen LogP contribution in [0.3, 0.4) is 0 Å². The zero-order valence-corrected chi connectivity index (χ0v) is 14.0. The lowest BCUT2D eigenvalue weighted by Gasteiger charge is -2.36. The molecular formula is C18H31NO. The quantitative estimate of drug-likeness (QED) is 0.818. The van der Waals surface area contributed by atoms with Crippen molar-refractivity contribution < 1.29 is 4.74 Å². The molecule has 2 heteroatoms. The van der Waals surface area contributed by atoms with Crippen molar-refractivity contribution in [3.63, 3.8) is 0 Å². The van der Waals surface area contributed by atoms with Gasteiger partial charge >= 0.3 is 0 Å². The molecule has 2 nitrogen and oxygen atoms in total. The van der Waals surface area contributed by atoms with E-state index in [0.29, 0.717) is 6.04 Å². The fourth-order valence-electron chi connectivity index (χ4n) is 2.83. The summed E-state index contributed by atoms with van der Waals surface area (Å²) >= 11 is 0. The minimum atomic E-state index is 0.130. The number of hydrogen-bond donors (Lipinski definition) is 1. The first-order valence-corrected chi connectivity index (χ1v) is 7.76. The van der Waals surface area contributed by atoms with Crippen LogP contribution in [0.15, 0.2) is 24.3 Å². The van der Waals surface area contributed by atoms with Gasteiger partial charge in [0.05, 0.1) is 6.10 Å². The molecule has 2 atom stereocenters. The summed E-state index contributed by atoms with van der Waals surface area (Å²) in [6.45, 7) is 12.0. The van der Waals surface area contributed by atoms with Crippen LogP contribution in [0.2, 0.25) is 0 Å². The van der Waals surface area contributed by atoms with Crippen molar-refractivity contribution in [2.45, 2.75) is 59.6 Å². The molecule has 1 N–H and O–H groups in total. The van der Waals surface area contributed by atoms with E-state index in [1.54, 1.807) is 0 Å². The molecule has 1 aromatic carbocycles. The Labute approximate surface area is 124 Å². The Kier molecular flexibility index (Phi) is 6.70. The monoisotopic (exact) mass is 277 g/mol. The Hall–Kier alpha value is -0.860. The lowest BCUT2D eigenvalue weighted by Crippen LogP contribution is -2.48. The zero-order valence-electron chi connectivity index (χ0n) is 14.0. The lowest BCUT2D eigenvalue weighted by molar-refractivity contribution is -0.0106. The predicted molar refractivity (Wildman–Crippen MR) is 87.2 cm³/mol. The summed E-state index contributed by atoms with van der Waals surface area (Å²) in [6, 6.07) is 9.31. The number of ether oxygens (including phenoxy) is 1. The highest BCUT2D eigenvalue weighted by atomic mass is 16.5. The molecule has 0 spiro atoms. The number of benzene rings is 1. The maximum absolute atomic E-state index is 5.78. The minimum absolute atomic E-state index is 0.130. The van der Waals surface area contributed by atoms with Gasteiger partial charge in [-0.15, -0.1) is 0 Å². The number of rotatable bonds is 7.